The number of aliphatic carboxylic acids is 1. The number of likely N-dealkylation sites (tertiary alicyclic amines) is 1. The van der Waals surface area contributed by atoms with Gasteiger partial charge in [-0.25, -0.2) is 28.3 Å². The van der Waals surface area contributed by atoms with E-state index >= 15 is 0 Å². The van der Waals surface area contributed by atoms with Gasteiger partial charge in [0.15, 0.2) is 5.13 Å². The number of carbonyl (C=O) groups is 4. The van der Waals surface area contributed by atoms with Crippen LogP contribution in [0, 0.1) is 17.8 Å². The Labute approximate surface area is 366 Å². The van der Waals surface area contributed by atoms with Crippen LogP contribution in [0.1, 0.15) is 72.6 Å². The Hall–Kier alpha value is -4.81. The van der Waals surface area contributed by atoms with Crippen molar-refractivity contribution in [3.8, 4) is 22.9 Å². The zero-order valence-electron chi connectivity index (χ0n) is 35.0. The number of aromatic nitrogens is 2. The van der Waals surface area contributed by atoms with Gasteiger partial charge in [0.05, 0.1) is 24.3 Å². The minimum Gasteiger partial charge on any atom is -0.490 e. The number of rotatable bonds is 16. The molecule has 3 amide bonds. The molecule has 9 atom stereocenters. The third-order valence-electron chi connectivity index (χ3n) is 12.6. The maximum atomic E-state index is 14.5. The van der Waals surface area contributed by atoms with Crippen LogP contribution in [0.4, 0.5) is 18.7 Å². The Bertz CT molecular complexity index is 2270. The van der Waals surface area contributed by atoms with Gasteiger partial charge in [-0.05, 0) is 81.9 Å². The lowest BCUT2D eigenvalue weighted by Crippen LogP contribution is -2.56. The predicted octanol–water partition coefficient (Wildman–Crippen LogP) is 6.40. The summed E-state index contributed by atoms with van der Waals surface area (Å²) in [5, 5.41) is 24.7. The van der Waals surface area contributed by atoms with E-state index in [1.54, 1.807) is 25.1 Å². The summed E-state index contributed by atoms with van der Waals surface area (Å²) in [5.74, 6) is -3.91. The number of alkyl halides is 2. The average Bonchev–Trinajstić information content (AvgIpc) is 3.75. The third-order valence-corrected chi connectivity index (χ3v) is 13.7. The van der Waals surface area contributed by atoms with Crippen molar-refractivity contribution in [1.82, 2.24) is 30.8 Å². The average molecular weight is 900 g/mol. The smallest absolute Gasteiger partial charge is 0.408 e. The molecule has 0 radical (unpaired) electrons. The Kier molecular flexibility index (Phi) is 12.1. The first-order chi connectivity index (χ1) is 29.4. The molecule has 2 aromatic heterocycles. The topological polar surface area (TPSA) is 193 Å². The van der Waals surface area contributed by atoms with Gasteiger partial charge >= 0.3 is 12.1 Å². The van der Waals surface area contributed by atoms with Crippen LogP contribution >= 0.6 is 22.9 Å². The van der Waals surface area contributed by atoms with Gasteiger partial charge in [0, 0.05) is 41.8 Å². The van der Waals surface area contributed by atoms with Crippen LogP contribution in [0.25, 0.3) is 22.3 Å². The lowest BCUT2D eigenvalue weighted by atomic mass is 10.1. The number of alkyl carbamates (subject to hydrolysis) is 1. The lowest BCUT2D eigenvalue weighted by molar-refractivity contribution is -0.145. The molecule has 3 aliphatic carbocycles. The van der Waals surface area contributed by atoms with Crippen LogP contribution in [-0.2, 0) is 19.1 Å². The van der Waals surface area contributed by atoms with Crippen LogP contribution in [0.15, 0.2) is 35.7 Å². The summed E-state index contributed by atoms with van der Waals surface area (Å²) in [6.07, 6.45) is 1.26. The predicted molar refractivity (Wildman–Crippen MR) is 228 cm³/mol. The van der Waals surface area contributed by atoms with Crippen molar-refractivity contribution < 1.29 is 47.3 Å². The van der Waals surface area contributed by atoms with Gasteiger partial charge in [0.25, 0.3) is 5.92 Å². The van der Waals surface area contributed by atoms with Gasteiger partial charge in [-0.15, -0.1) is 11.3 Å². The maximum Gasteiger partial charge on any atom is 0.408 e. The molecule has 19 heteroatoms. The van der Waals surface area contributed by atoms with Gasteiger partial charge in [0.2, 0.25) is 11.8 Å². The van der Waals surface area contributed by atoms with Gasteiger partial charge in [-0.1, -0.05) is 31.5 Å². The number of hydrogen-bond donors (Lipinski definition) is 5. The molecular weight excluding hydrogens is 848 g/mol. The number of fused-ring (bicyclic) bond motifs is 2. The fourth-order valence-electron chi connectivity index (χ4n) is 9.13. The monoisotopic (exact) mass is 899 g/mol. The highest BCUT2D eigenvalue weighted by Gasteiger charge is 2.61. The maximum absolute atomic E-state index is 14.5. The molecule has 2 saturated heterocycles. The van der Waals surface area contributed by atoms with Crippen molar-refractivity contribution in [3.05, 3.63) is 40.8 Å². The molecule has 0 spiro atoms. The number of carboxylic acid groups (broad SMARTS) is 1. The number of nitrogens with zero attached hydrogens (tertiary/aromatic N) is 3. The number of nitrogens with one attached hydrogen (secondary N) is 4. The molecule has 5 fully saturated rings. The molecule has 4 heterocycles. The summed E-state index contributed by atoms with van der Waals surface area (Å²) < 4.78 is 46.1. The number of amides is 3. The number of thiazole rings is 1. The second-order valence-corrected chi connectivity index (χ2v) is 19.0. The molecule has 15 nitrogen and oxygen atoms in total. The number of pyridine rings is 1. The first kappa shape index (κ1) is 43.8. The molecule has 3 saturated carbocycles. The normalized spacial score (nSPS) is 28.6. The number of carbonyl (C=O) groups excluding carboxylic acids is 3. The van der Waals surface area contributed by atoms with Crippen LogP contribution < -0.4 is 30.7 Å². The molecule has 2 aliphatic heterocycles. The molecule has 1 aromatic carbocycles. The van der Waals surface area contributed by atoms with Gasteiger partial charge in [0.1, 0.15) is 58.7 Å². The van der Waals surface area contributed by atoms with E-state index in [1.807, 2.05) is 26.2 Å². The molecule has 3 aromatic rings. The van der Waals surface area contributed by atoms with Crippen LogP contribution in [0.3, 0.4) is 0 Å². The van der Waals surface area contributed by atoms with E-state index in [4.69, 9.17) is 35.8 Å². The van der Waals surface area contributed by atoms with Crippen molar-refractivity contribution in [2.45, 2.75) is 120 Å². The van der Waals surface area contributed by atoms with Crippen LogP contribution in [0.5, 0.6) is 11.5 Å². The molecule has 62 heavy (non-hydrogen) atoms. The van der Waals surface area contributed by atoms with Crippen LogP contribution in [0.2, 0.25) is 5.02 Å². The first-order valence-electron chi connectivity index (χ1n) is 21.2. The van der Waals surface area contributed by atoms with Gasteiger partial charge in [-0.2, -0.15) is 0 Å². The minimum absolute atomic E-state index is 0.0332. The summed E-state index contributed by atoms with van der Waals surface area (Å²) >= 11 is 8.35. The second-order valence-electron chi connectivity index (χ2n) is 17.8. The van der Waals surface area contributed by atoms with Crippen molar-refractivity contribution in [1.29, 1.82) is 0 Å². The number of ether oxygens (including phenoxy) is 3. The highest BCUT2D eigenvalue weighted by Crippen LogP contribution is 2.52. The number of halogens is 3. The zero-order chi connectivity index (χ0) is 44.2. The fraction of sp³-hybridized carbons (Fsp3) is 0.581. The van der Waals surface area contributed by atoms with E-state index in [0.29, 0.717) is 51.5 Å². The van der Waals surface area contributed by atoms with Crippen LogP contribution in [-0.4, -0.2) is 111 Å². The van der Waals surface area contributed by atoms with Crippen molar-refractivity contribution in [2.75, 3.05) is 25.0 Å². The number of benzene rings is 1. The summed E-state index contributed by atoms with van der Waals surface area (Å²) in [5.41, 5.74) is 0.0280. The fourth-order valence-corrected chi connectivity index (χ4v) is 10.2. The lowest BCUT2D eigenvalue weighted by Gasteiger charge is -2.29. The SMILES string of the molecule is C=C(C)[C@H](NC(=O)OC1C[C@@H]2C[C@@H]2C1)C(=O)N1C[C@H](Oc2cc(-c3csc(NC(C)C)n3)nc3c(Cl)c(OC[C@@H]4CC(F)(F)CN4)ccc23)C[C@H]1C(=O)N[C@]1(C(=O)O)C[C@H]1CC. The second kappa shape index (κ2) is 17.1. The van der Waals surface area contributed by atoms with E-state index in [2.05, 4.69) is 27.8 Å². The summed E-state index contributed by atoms with van der Waals surface area (Å²) in [7, 11) is 0. The van der Waals surface area contributed by atoms with E-state index in [9.17, 15) is 33.1 Å². The molecule has 5 N–H and O–H groups in total. The number of hydrogen-bond acceptors (Lipinski definition) is 12. The first-order valence-corrected chi connectivity index (χ1v) is 22.4. The Morgan fingerprint density at radius 3 is 2.48 bits per heavy atom. The highest BCUT2D eigenvalue weighted by atomic mass is 35.5. The Balaban J connectivity index is 1.09. The van der Waals surface area contributed by atoms with E-state index in [0.717, 1.165) is 19.3 Å². The number of carboxylic acids is 1. The Morgan fingerprint density at radius 1 is 1.08 bits per heavy atom. The molecule has 5 aliphatic rings. The van der Waals surface area contributed by atoms with E-state index < -0.39 is 66.1 Å². The van der Waals surface area contributed by atoms with E-state index in [1.165, 1.54) is 16.2 Å². The zero-order valence-corrected chi connectivity index (χ0v) is 36.5. The quantitative estimate of drug-likeness (QED) is 0.0997. The molecule has 8 rings (SSSR count). The summed E-state index contributed by atoms with van der Waals surface area (Å²) in [6.45, 7) is 10.8. The van der Waals surface area contributed by atoms with Crippen molar-refractivity contribution >= 4 is 62.8 Å². The summed E-state index contributed by atoms with van der Waals surface area (Å²) in [6, 6.07) is 2.07. The molecule has 334 valence electrons. The molecular formula is C43H52ClF2N7O8S. The van der Waals surface area contributed by atoms with Crippen molar-refractivity contribution in [3.63, 3.8) is 0 Å². The van der Waals surface area contributed by atoms with Gasteiger partial charge in [-0.3, -0.25) is 9.59 Å². The largest absolute Gasteiger partial charge is 0.490 e. The minimum atomic E-state index is -2.84. The van der Waals surface area contributed by atoms with Gasteiger partial charge < -0.3 is 45.5 Å². The number of anilines is 1. The Morgan fingerprint density at radius 2 is 1.84 bits per heavy atom. The highest BCUT2D eigenvalue weighted by molar-refractivity contribution is 7.14. The molecule has 1 unspecified atom stereocenters. The molecule has 0 bridgehead atoms. The summed E-state index contributed by atoms with van der Waals surface area (Å²) in [4.78, 5) is 65.2. The third kappa shape index (κ3) is 9.14. The van der Waals surface area contributed by atoms with Crippen molar-refractivity contribution in [2.24, 2.45) is 17.8 Å². The standard InChI is InChI=1S/C43H52ClF2N7O8S/c1-6-24-14-43(24,39(56)57)52-37(54)31-12-27(16-53(31)38(55)35(20(2)3)51-41(58)61-26-10-22-9-23(22)11-26)60-33-13-29(30-18-62-40(50-30)48-21(4)5)49-36-28(33)7-8-32(34(36)44)59-17-25-15-42(45,46)19-47-25/h7-8,13,18,21-27,31,35,47H,2,6,9-12,14-17,19H2,1,3-5H3,(H,48,50)(H,51,58)(H,52,54)(H,56,57)/t22-,23+,24-,25+,26?,27-,31+,35+,43-/m1/s1. The van der Waals surface area contributed by atoms with E-state index in [-0.39, 0.29) is 66.8 Å².